The van der Waals surface area contributed by atoms with Gasteiger partial charge in [0.05, 0.1) is 18.3 Å². The van der Waals surface area contributed by atoms with Gasteiger partial charge in [0.1, 0.15) is 0 Å². The first-order valence-electron chi connectivity index (χ1n) is 6.50. The van der Waals surface area contributed by atoms with Gasteiger partial charge >= 0.3 is 0 Å². The van der Waals surface area contributed by atoms with Crippen LogP contribution in [0, 0.1) is 6.92 Å². The predicted molar refractivity (Wildman–Crippen MR) is 69.4 cm³/mol. The minimum Gasteiger partial charge on any atom is -0.388 e. The van der Waals surface area contributed by atoms with Gasteiger partial charge in [-0.15, -0.1) is 0 Å². The molecule has 0 radical (unpaired) electrons. The third kappa shape index (κ3) is 1.77. The van der Waals surface area contributed by atoms with Crippen LogP contribution in [0.1, 0.15) is 41.6 Å². The Morgan fingerprint density at radius 1 is 1.50 bits per heavy atom. The molecule has 1 N–H and O–H groups in total. The summed E-state index contributed by atoms with van der Waals surface area (Å²) >= 11 is 0. The number of aliphatic hydroxyl groups excluding tert-OH is 1. The summed E-state index contributed by atoms with van der Waals surface area (Å²) in [5.41, 5.74) is 4.84. The highest BCUT2D eigenvalue weighted by molar-refractivity contribution is 5.32. The molecule has 1 unspecified atom stereocenters. The zero-order valence-electron chi connectivity index (χ0n) is 10.9. The lowest BCUT2D eigenvalue weighted by molar-refractivity contribution is 0.155. The largest absolute Gasteiger partial charge is 0.388 e. The van der Waals surface area contributed by atoms with E-state index in [0.717, 1.165) is 31.4 Å². The van der Waals surface area contributed by atoms with E-state index in [1.165, 1.54) is 17.1 Å². The smallest absolute Gasteiger partial charge is 0.0807 e. The summed E-state index contributed by atoms with van der Waals surface area (Å²) < 4.78 is 4.22. The van der Waals surface area contributed by atoms with Crippen LogP contribution in [0.2, 0.25) is 0 Å². The number of fused-ring (bicyclic) bond motifs is 1. The molecule has 0 aliphatic heterocycles. The number of hydrogen-bond donors (Lipinski definition) is 1. The number of hydrogen-bond acceptors (Lipinski definition) is 2. The molecule has 96 valence electrons. The first-order valence-corrected chi connectivity index (χ1v) is 6.50. The van der Waals surface area contributed by atoms with Crippen molar-refractivity contribution in [3.63, 3.8) is 0 Å². The van der Waals surface area contributed by atoms with Gasteiger partial charge in [-0.2, -0.15) is 5.10 Å². The highest BCUT2D eigenvalue weighted by Crippen LogP contribution is 2.32. The van der Waals surface area contributed by atoms with Gasteiger partial charge in [0.2, 0.25) is 0 Å². The fraction of sp³-hybridized carbons (Fsp3) is 0.500. The van der Waals surface area contributed by atoms with Gasteiger partial charge in [-0.25, -0.2) is 0 Å². The molecule has 4 nitrogen and oxygen atoms in total. The number of aryl methyl sites for hydroxylation is 2. The van der Waals surface area contributed by atoms with Gasteiger partial charge in [0.25, 0.3) is 0 Å². The number of aliphatic hydroxyl groups is 1. The van der Waals surface area contributed by atoms with Crippen LogP contribution in [0.4, 0.5) is 0 Å². The van der Waals surface area contributed by atoms with Crippen molar-refractivity contribution in [1.29, 1.82) is 0 Å². The van der Waals surface area contributed by atoms with E-state index in [-0.39, 0.29) is 6.10 Å². The second-order valence-corrected chi connectivity index (χ2v) is 5.13. The molecule has 2 aromatic rings. The molecule has 0 bridgehead atoms. The fourth-order valence-corrected chi connectivity index (χ4v) is 2.88. The van der Waals surface area contributed by atoms with Crippen molar-refractivity contribution in [2.24, 2.45) is 7.05 Å². The topological polar surface area (TPSA) is 43.0 Å². The van der Waals surface area contributed by atoms with Crippen molar-refractivity contribution in [3.8, 4) is 0 Å². The number of rotatable bonds is 2. The van der Waals surface area contributed by atoms with Crippen molar-refractivity contribution in [2.45, 2.75) is 38.8 Å². The first-order chi connectivity index (χ1) is 8.66. The lowest BCUT2D eigenvalue weighted by Gasteiger charge is -2.20. The van der Waals surface area contributed by atoms with Gasteiger partial charge in [-0.3, -0.25) is 4.68 Å². The minimum absolute atomic E-state index is 0.278. The van der Waals surface area contributed by atoms with Crippen LogP contribution in [0.5, 0.6) is 0 Å². The minimum atomic E-state index is -0.278. The highest BCUT2D eigenvalue weighted by Gasteiger charge is 2.23. The van der Waals surface area contributed by atoms with Crippen LogP contribution in [0.3, 0.4) is 0 Å². The van der Waals surface area contributed by atoms with Gasteiger partial charge in [-0.1, -0.05) is 0 Å². The zero-order chi connectivity index (χ0) is 12.7. The maximum Gasteiger partial charge on any atom is 0.0807 e. The Labute approximate surface area is 107 Å². The molecule has 0 spiro atoms. The molecule has 4 heteroatoms. The zero-order valence-corrected chi connectivity index (χ0v) is 10.9. The summed E-state index contributed by atoms with van der Waals surface area (Å²) in [6, 6.07) is 4.18. The Kier molecular flexibility index (Phi) is 2.74. The molecule has 0 saturated carbocycles. The van der Waals surface area contributed by atoms with Crippen LogP contribution in [-0.2, 0) is 20.0 Å². The molecule has 0 saturated heterocycles. The van der Waals surface area contributed by atoms with Crippen molar-refractivity contribution in [2.75, 3.05) is 0 Å². The maximum absolute atomic E-state index is 10.0. The molecule has 1 atom stereocenters. The quantitative estimate of drug-likeness (QED) is 0.878. The van der Waals surface area contributed by atoms with Gasteiger partial charge in [-0.05, 0) is 38.3 Å². The lowest BCUT2D eigenvalue weighted by atomic mass is 9.95. The molecule has 0 aromatic carbocycles. The molecule has 1 aliphatic rings. The summed E-state index contributed by atoms with van der Waals surface area (Å²) in [5, 5.41) is 14.3. The second kappa shape index (κ2) is 4.28. The van der Waals surface area contributed by atoms with E-state index in [0.29, 0.717) is 0 Å². The Balaban J connectivity index is 2.00. The Bertz CT molecular complexity index is 568. The van der Waals surface area contributed by atoms with E-state index in [4.69, 9.17) is 0 Å². The van der Waals surface area contributed by atoms with E-state index in [1.54, 1.807) is 0 Å². The van der Waals surface area contributed by atoms with Crippen molar-refractivity contribution >= 4 is 0 Å². The van der Waals surface area contributed by atoms with Crippen molar-refractivity contribution in [1.82, 2.24) is 14.3 Å². The average molecular weight is 245 g/mol. The monoisotopic (exact) mass is 245 g/mol. The van der Waals surface area contributed by atoms with Crippen LogP contribution in [-0.4, -0.2) is 19.5 Å². The molecule has 0 fully saturated rings. The van der Waals surface area contributed by atoms with Crippen molar-refractivity contribution < 1.29 is 5.11 Å². The van der Waals surface area contributed by atoms with E-state index >= 15 is 0 Å². The molecular weight excluding hydrogens is 226 g/mol. The molecular formula is C14H19N3O. The van der Waals surface area contributed by atoms with E-state index in [1.807, 2.05) is 24.0 Å². The third-order valence-electron chi connectivity index (χ3n) is 3.94. The van der Waals surface area contributed by atoms with Crippen LogP contribution in [0.15, 0.2) is 18.3 Å². The molecule has 0 amide bonds. The summed E-state index contributed by atoms with van der Waals surface area (Å²) in [5.74, 6) is 0. The van der Waals surface area contributed by atoms with Crippen molar-refractivity contribution in [3.05, 3.63) is 41.0 Å². The molecule has 3 rings (SSSR count). The Morgan fingerprint density at radius 3 is 3.06 bits per heavy atom. The van der Waals surface area contributed by atoms with E-state index < -0.39 is 0 Å². The Hall–Kier alpha value is -1.55. The SMILES string of the molecule is Cc1cc2c(n1Cc1ccnn1C)CCCC2O. The summed E-state index contributed by atoms with van der Waals surface area (Å²) in [4.78, 5) is 0. The molecule has 1 aliphatic carbocycles. The van der Waals surface area contributed by atoms with Gasteiger partial charge < -0.3 is 9.67 Å². The van der Waals surface area contributed by atoms with E-state index in [2.05, 4.69) is 22.7 Å². The van der Waals surface area contributed by atoms with E-state index in [9.17, 15) is 5.11 Å². The average Bonchev–Trinajstić information content (AvgIpc) is 2.87. The lowest BCUT2D eigenvalue weighted by Crippen LogP contribution is -2.14. The summed E-state index contributed by atoms with van der Waals surface area (Å²) in [7, 11) is 1.97. The Morgan fingerprint density at radius 2 is 2.33 bits per heavy atom. The number of nitrogens with zero attached hydrogens (tertiary/aromatic N) is 3. The third-order valence-corrected chi connectivity index (χ3v) is 3.94. The van der Waals surface area contributed by atoms with Crippen LogP contribution >= 0.6 is 0 Å². The normalized spacial score (nSPS) is 18.9. The van der Waals surface area contributed by atoms with Gasteiger partial charge in [0.15, 0.2) is 0 Å². The predicted octanol–water partition coefficient (Wildman–Crippen LogP) is 1.95. The summed E-state index contributed by atoms with van der Waals surface area (Å²) in [6.07, 6.45) is 4.58. The second-order valence-electron chi connectivity index (χ2n) is 5.13. The standard InChI is InChI=1S/C14H19N3O/c1-10-8-12-13(4-3-5-14(12)18)17(10)9-11-6-7-15-16(11)2/h6-8,14,18H,3-5,9H2,1-2H3. The molecule has 2 aromatic heterocycles. The van der Waals surface area contributed by atoms with Crippen LogP contribution in [0.25, 0.3) is 0 Å². The maximum atomic E-state index is 10.0. The molecule has 2 heterocycles. The van der Waals surface area contributed by atoms with Crippen LogP contribution < -0.4 is 0 Å². The van der Waals surface area contributed by atoms with Gasteiger partial charge in [0, 0.05) is 30.2 Å². The fourth-order valence-electron chi connectivity index (χ4n) is 2.88. The molecule has 18 heavy (non-hydrogen) atoms. The highest BCUT2D eigenvalue weighted by atomic mass is 16.3. The first kappa shape index (κ1) is 11.5. The summed E-state index contributed by atoms with van der Waals surface area (Å²) in [6.45, 7) is 2.95. The number of aromatic nitrogens is 3.